The van der Waals surface area contributed by atoms with Crippen molar-refractivity contribution in [2.24, 2.45) is 0 Å². The summed E-state index contributed by atoms with van der Waals surface area (Å²) in [6.07, 6.45) is 1.79. The van der Waals surface area contributed by atoms with Crippen LogP contribution in [0.5, 0.6) is 0 Å². The number of nitrogens with two attached hydrogens (primary N) is 1. The van der Waals surface area contributed by atoms with Gasteiger partial charge in [-0.2, -0.15) is 5.10 Å². The summed E-state index contributed by atoms with van der Waals surface area (Å²) in [6, 6.07) is 7.69. The van der Waals surface area contributed by atoms with Crippen molar-refractivity contribution >= 4 is 21.5 Å². The molecule has 1 aromatic carbocycles. The van der Waals surface area contributed by atoms with Crippen LogP contribution in [-0.2, 0) is 16.4 Å². The van der Waals surface area contributed by atoms with E-state index in [1.54, 1.807) is 18.2 Å². The lowest BCUT2D eigenvalue weighted by Crippen LogP contribution is -2.13. The Kier molecular flexibility index (Phi) is 3.75. The molecule has 0 radical (unpaired) electrons. The van der Waals surface area contributed by atoms with Gasteiger partial charge in [-0.15, -0.1) is 0 Å². The van der Waals surface area contributed by atoms with E-state index in [9.17, 15) is 8.42 Å². The van der Waals surface area contributed by atoms with Crippen LogP contribution in [-0.4, -0.2) is 18.6 Å². The average molecular weight is 280 g/mol. The summed E-state index contributed by atoms with van der Waals surface area (Å²) < 4.78 is 26.6. The summed E-state index contributed by atoms with van der Waals surface area (Å²) in [7, 11) is -3.62. The fraction of sp³-hybridized carbons (Fsp3) is 0.250. The van der Waals surface area contributed by atoms with Crippen molar-refractivity contribution in [2.75, 3.05) is 10.5 Å². The molecular weight excluding hydrogens is 264 g/mol. The lowest BCUT2D eigenvalue weighted by atomic mass is 10.2. The summed E-state index contributed by atoms with van der Waals surface area (Å²) >= 11 is 0. The highest BCUT2D eigenvalue weighted by Crippen LogP contribution is 2.16. The highest BCUT2D eigenvalue weighted by atomic mass is 32.2. The van der Waals surface area contributed by atoms with Crippen molar-refractivity contribution in [3.63, 3.8) is 0 Å². The fourth-order valence-electron chi connectivity index (χ4n) is 1.65. The number of hydrogen-bond donors (Lipinski definition) is 3. The van der Waals surface area contributed by atoms with E-state index in [0.29, 0.717) is 11.5 Å². The predicted octanol–water partition coefficient (Wildman–Crippen LogP) is 1.75. The first-order valence-electron chi connectivity index (χ1n) is 5.94. The number of hydrogen-bond acceptors (Lipinski definition) is 4. The van der Waals surface area contributed by atoms with Crippen LogP contribution in [0.3, 0.4) is 0 Å². The first-order chi connectivity index (χ1) is 9.01. The van der Waals surface area contributed by atoms with Gasteiger partial charge in [0, 0.05) is 17.4 Å². The monoisotopic (exact) mass is 280 g/mol. The van der Waals surface area contributed by atoms with E-state index in [0.717, 1.165) is 18.5 Å². The molecule has 0 spiro atoms. The van der Waals surface area contributed by atoms with Crippen molar-refractivity contribution in [3.05, 3.63) is 36.0 Å². The highest BCUT2D eigenvalue weighted by Gasteiger charge is 2.15. The molecule has 2 aromatic rings. The van der Waals surface area contributed by atoms with Crippen LogP contribution in [0.2, 0.25) is 0 Å². The number of aromatic nitrogens is 2. The van der Waals surface area contributed by atoms with Crippen molar-refractivity contribution in [2.45, 2.75) is 24.7 Å². The summed E-state index contributed by atoms with van der Waals surface area (Å²) in [4.78, 5) is 0.154. The second kappa shape index (κ2) is 5.31. The van der Waals surface area contributed by atoms with Gasteiger partial charge in [-0.1, -0.05) is 13.3 Å². The number of aromatic amines is 1. The molecule has 0 saturated heterocycles. The largest absolute Gasteiger partial charge is 0.399 e. The van der Waals surface area contributed by atoms with Crippen LogP contribution in [0.4, 0.5) is 11.5 Å². The molecule has 2 rings (SSSR count). The van der Waals surface area contributed by atoms with Crippen LogP contribution in [0, 0.1) is 0 Å². The number of aryl methyl sites for hydroxylation is 1. The summed E-state index contributed by atoms with van der Waals surface area (Å²) in [5.74, 6) is 0.292. The Balaban J connectivity index is 2.18. The molecule has 0 aliphatic heterocycles. The molecule has 102 valence electrons. The maximum atomic E-state index is 12.1. The van der Waals surface area contributed by atoms with Gasteiger partial charge < -0.3 is 5.73 Å². The Morgan fingerprint density at radius 3 is 2.63 bits per heavy atom. The minimum atomic E-state index is -3.62. The number of benzene rings is 1. The molecule has 0 bridgehead atoms. The number of sulfonamides is 1. The number of nitrogen functional groups attached to an aromatic ring is 1. The SMILES string of the molecule is CCCc1cc(NS(=O)(=O)c2ccc(N)cc2)n[nH]1. The normalized spacial score (nSPS) is 11.4. The van der Waals surface area contributed by atoms with Gasteiger partial charge in [0.05, 0.1) is 4.90 Å². The van der Waals surface area contributed by atoms with Gasteiger partial charge in [-0.3, -0.25) is 9.82 Å². The number of rotatable bonds is 5. The third kappa shape index (κ3) is 3.25. The first-order valence-corrected chi connectivity index (χ1v) is 7.42. The molecule has 0 saturated carbocycles. The van der Waals surface area contributed by atoms with Crippen LogP contribution in [0.1, 0.15) is 19.0 Å². The van der Waals surface area contributed by atoms with Crippen LogP contribution in [0.15, 0.2) is 35.2 Å². The molecule has 6 nitrogen and oxygen atoms in total. The zero-order valence-electron chi connectivity index (χ0n) is 10.6. The maximum Gasteiger partial charge on any atom is 0.263 e. The zero-order valence-corrected chi connectivity index (χ0v) is 11.4. The predicted molar refractivity (Wildman–Crippen MR) is 74.2 cm³/mol. The molecule has 0 aliphatic rings. The molecule has 1 aromatic heterocycles. The molecule has 0 atom stereocenters. The summed E-state index contributed by atoms with van der Waals surface area (Å²) in [6.45, 7) is 2.04. The molecular formula is C12H16N4O2S. The van der Waals surface area contributed by atoms with Gasteiger partial charge in [0.1, 0.15) is 0 Å². The van der Waals surface area contributed by atoms with Gasteiger partial charge in [0.15, 0.2) is 5.82 Å². The molecule has 0 unspecified atom stereocenters. The van der Waals surface area contributed by atoms with Gasteiger partial charge in [0.2, 0.25) is 0 Å². The van der Waals surface area contributed by atoms with Gasteiger partial charge in [-0.05, 0) is 30.7 Å². The van der Waals surface area contributed by atoms with E-state index in [-0.39, 0.29) is 4.90 Å². The van der Waals surface area contributed by atoms with Crippen molar-refractivity contribution < 1.29 is 8.42 Å². The summed E-state index contributed by atoms with van der Waals surface area (Å²) in [5, 5.41) is 6.72. The molecule has 19 heavy (non-hydrogen) atoms. The smallest absolute Gasteiger partial charge is 0.263 e. The Morgan fingerprint density at radius 1 is 1.32 bits per heavy atom. The standard InChI is InChI=1S/C12H16N4O2S/c1-2-3-10-8-12(15-14-10)16-19(17,18)11-6-4-9(13)5-7-11/h4-8H,2-3,13H2,1H3,(H2,14,15,16). The van der Waals surface area contributed by atoms with Gasteiger partial charge in [-0.25, -0.2) is 8.42 Å². The van der Waals surface area contributed by atoms with Crippen molar-refractivity contribution in [1.82, 2.24) is 10.2 Å². The van der Waals surface area contributed by atoms with E-state index >= 15 is 0 Å². The first kappa shape index (κ1) is 13.4. The minimum absolute atomic E-state index is 0.154. The zero-order chi connectivity index (χ0) is 13.9. The van der Waals surface area contributed by atoms with E-state index in [2.05, 4.69) is 14.9 Å². The number of anilines is 2. The van der Waals surface area contributed by atoms with E-state index in [1.807, 2.05) is 6.92 Å². The fourth-order valence-corrected chi connectivity index (χ4v) is 2.65. The van der Waals surface area contributed by atoms with E-state index in [1.165, 1.54) is 12.1 Å². The third-order valence-electron chi connectivity index (χ3n) is 2.58. The molecule has 1 heterocycles. The van der Waals surface area contributed by atoms with Gasteiger partial charge >= 0.3 is 0 Å². The Hall–Kier alpha value is -2.02. The van der Waals surface area contributed by atoms with Crippen molar-refractivity contribution in [1.29, 1.82) is 0 Å². The Labute approximate surface area is 112 Å². The highest BCUT2D eigenvalue weighted by molar-refractivity contribution is 7.92. The quantitative estimate of drug-likeness (QED) is 0.726. The molecule has 0 amide bonds. The molecule has 7 heteroatoms. The maximum absolute atomic E-state index is 12.1. The van der Waals surface area contributed by atoms with Crippen molar-refractivity contribution in [3.8, 4) is 0 Å². The second-order valence-electron chi connectivity index (χ2n) is 4.20. The topological polar surface area (TPSA) is 101 Å². The van der Waals surface area contributed by atoms with E-state index < -0.39 is 10.0 Å². The van der Waals surface area contributed by atoms with E-state index in [4.69, 9.17) is 5.73 Å². The number of nitrogens with zero attached hydrogens (tertiary/aromatic N) is 1. The average Bonchev–Trinajstić information content (AvgIpc) is 2.77. The number of nitrogens with one attached hydrogen (secondary N) is 2. The van der Waals surface area contributed by atoms with Crippen LogP contribution < -0.4 is 10.5 Å². The summed E-state index contributed by atoms with van der Waals surface area (Å²) in [5.41, 5.74) is 6.94. The number of H-pyrrole nitrogens is 1. The Bertz CT molecular complexity index is 647. The molecule has 0 fully saturated rings. The van der Waals surface area contributed by atoms with Gasteiger partial charge in [0.25, 0.3) is 10.0 Å². The van der Waals surface area contributed by atoms with Crippen LogP contribution >= 0.6 is 0 Å². The Morgan fingerprint density at radius 2 is 2.00 bits per heavy atom. The third-order valence-corrected chi connectivity index (χ3v) is 3.95. The molecule has 0 aliphatic carbocycles. The second-order valence-corrected chi connectivity index (χ2v) is 5.89. The van der Waals surface area contributed by atoms with Crippen LogP contribution in [0.25, 0.3) is 0 Å². The minimum Gasteiger partial charge on any atom is -0.399 e. The lowest BCUT2D eigenvalue weighted by Gasteiger charge is -2.05. The lowest BCUT2D eigenvalue weighted by molar-refractivity contribution is 0.601. The molecule has 4 N–H and O–H groups in total.